The van der Waals surface area contributed by atoms with E-state index in [1.54, 1.807) is 18.2 Å². The number of piperidine rings is 1. The number of benzene rings is 2. The average Bonchev–Trinajstić information content (AvgIpc) is 3.05. The normalized spacial score (nSPS) is 31.2. The van der Waals surface area contributed by atoms with Crippen molar-refractivity contribution in [2.24, 2.45) is 0 Å². The summed E-state index contributed by atoms with van der Waals surface area (Å²) in [6, 6.07) is 8.38. The van der Waals surface area contributed by atoms with Crippen molar-refractivity contribution >= 4 is 40.5 Å². The van der Waals surface area contributed by atoms with E-state index in [0.29, 0.717) is 10.7 Å². The van der Waals surface area contributed by atoms with E-state index in [9.17, 15) is 9.18 Å². The molecule has 134 valence electrons. The van der Waals surface area contributed by atoms with Crippen molar-refractivity contribution in [3.63, 3.8) is 0 Å². The maximum atomic E-state index is 14.1. The van der Waals surface area contributed by atoms with Gasteiger partial charge in [-0.2, -0.15) is 0 Å². The topological polar surface area (TPSA) is 53.2 Å². The molecule has 0 aliphatic carbocycles. The molecule has 0 radical (unpaired) electrons. The molecule has 1 spiro atoms. The van der Waals surface area contributed by atoms with Gasteiger partial charge in [0.1, 0.15) is 11.4 Å². The van der Waals surface area contributed by atoms with Crippen LogP contribution in [0.4, 0.5) is 15.8 Å². The Hall–Kier alpha value is -1.82. The van der Waals surface area contributed by atoms with Gasteiger partial charge in [-0.05, 0) is 43.2 Å². The number of anilines is 2. The summed E-state index contributed by atoms with van der Waals surface area (Å²) in [7, 11) is 0. The molecule has 0 bridgehead atoms. The minimum Gasteiger partial charge on any atom is -0.379 e. The van der Waals surface area contributed by atoms with Crippen LogP contribution in [-0.4, -0.2) is 18.0 Å². The van der Waals surface area contributed by atoms with Gasteiger partial charge in [0, 0.05) is 33.9 Å². The van der Waals surface area contributed by atoms with Crippen LogP contribution in [0.5, 0.6) is 0 Å². The third-order valence-corrected chi connectivity index (χ3v) is 6.29. The lowest BCUT2D eigenvalue weighted by atomic mass is 9.71. The molecular weight excluding hydrogens is 376 g/mol. The van der Waals surface area contributed by atoms with Crippen LogP contribution in [0.1, 0.15) is 30.4 Å². The Labute approximate surface area is 160 Å². The van der Waals surface area contributed by atoms with Crippen molar-refractivity contribution in [1.82, 2.24) is 5.32 Å². The molecule has 0 aromatic heterocycles. The Bertz CT molecular complexity index is 966. The average molecular weight is 392 g/mol. The van der Waals surface area contributed by atoms with Crippen molar-refractivity contribution in [2.75, 3.05) is 10.6 Å². The van der Waals surface area contributed by atoms with Crippen molar-refractivity contribution in [3.05, 3.63) is 57.3 Å². The van der Waals surface area contributed by atoms with Gasteiger partial charge < -0.3 is 10.6 Å². The van der Waals surface area contributed by atoms with E-state index in [0.717, 1.165) is 23.2 Å². The number of amides is 1. The van der Waals surface area contributed by atoms with E-state index < -0.39 is 11.4 Å². The summed E-state index contributed by atoms with van der Waals surface area (Å²) in [4.78, 5) is 13.1. The zero-order chi connectivity index (χ0) is 18.2. The standard InChI is InChI=1S/C19H16Cl2FN3O/c1-8-4-11-10-6-14(22)13(21)7-15(10)23-17(11)19(25-8)12-3-2-9(20)5-16(12)24-18(19)26/h2-3,5-8,11,17,23,25H,4H2,1H3,(H,24,26)/t8-,11?,17?,19-/m0/s1. The lowest BCUT2D eigenvalue weighted by molar-refractivity contribution is -0.124. The van der Waals surface area contributed by atoms with Crippen molar-refractivity contribution in [1.29, 1.82) is 0 Å². The second-order valence-corrected chi connectivity index (χ2v) is 8.16. The van der Waals surface area contributed by atoms with Gasteiger partial charge in [0.2, 0.25) is 0 Å². The van der Waals surface area contributed by atoms with Crippen LogP contribution < -0.4 is 16.0 Å². The molecule has 4 atom stereocenters. The van der Waals surface area contributed by atoms with Gasteiger partial charge in [0.05, 0.1) is 11.1 Å². The summed E-state index contributed by atoms with van der Waals surface area (Å²) in [6.07, 6.45) is 0.795. The van der Waals surface area contributed by atoms with Gasteiger partial charge in [-0.3, -0.25) is 10.1 Å². The lowest BCUT2D eigenvalue weighted by Gasteiger charge is -2.45. The minimum absolute atomic E-state index is 0.000365. The molecule has 2 unspecified atom stereocenters. The predicted molar refractivity (Wildman–Crippen MR) is 101 cm³/mol. The van der Waals surface area contributed by atoms with E-state index in [2.05, 4.69) is 16.0 Å². The Balaban J connectivity index is 1.69. The van der Waals surface area contributed by atoms with Crippen LogP contribution in [0.15, 0.2) is 30.3 Å². The van der Waals surface area contributed by atoms with Crippen LogP contribution in [0.2, 0.25) is 10.0 Å². The second kappa shape index (κ2) is 5.35. The molecule has 0 saturated carbocycles. The molecule has 7 heteroatoms. The summed E-state index contributed by atoms with van der Waals surface area (Å²) in [5.41, 5.74) is 2.30. The highest BCUT2D eigenvalue weighted by Gasteiger charge is 2.60. The highest BCUT2D eigenvalue weighted by molar-refractivity contribution is 6.31. The van der Waals surface area contributed by atoms with Gasteiger partial charge in [-0.15, -0.1) is 0 Å². The Morgan fingerprint density at radius 2 is 2.00 bits per heavy atom. The van der Waals surface area contributed by atoms with Crippen LogP contribution in [-0.2, 0) is 10.3 Å². The number of halogens is 3. The molecule has 1 fully saturated rings. The minimum atomic E-state index is -0.940. The van der Waals surface area contributed by atoms with Crippen LogP contribution >= 0.6 is 23.2 Å². The van der Waals surface area contributed by atoms with E-state index in [1.807, 2.05) is 13.0 Å². The first-order valence-electron chi connectivity index (χ1n) is 8.55. The van der Waals surface area contributed by atoms with Gasteiger partial charge in [-0.25, -0.2) is 4.39 Å². The zero-order valence-electron chi connectivity index (χ0n) is 13.9. The third kappa shape index (κ3) is 2.02. The highest BCUT2D eigenvalue weighted by Crippen LogP contribution is 2.53. The Morgan fingerprint density at radius 1 is 1.19 bits per heavy atom. The summed E-state index contributed by atoms with van der Waals surface area (Å²) in [5.74, 6) is -0.556. The number of carbonyl (C=O) groups excluding carboxylic acids is 1. The van der Waals surface area contributed by atoms with E-state index in [-0.39, 0.29) is 28.9 Å². The van der Waals surface area contributed by atoms with E-state index in [4.69, 9.17) is 23.2 Å². The smallest absolute Gasteiger partial charge is 0.251 e. The van der Waals surface area contributed by atoms with Gasteiger partial charge >= 0.3 is 0 Å². The quantitative estimate of drug-likeness (QED) is 0.629. The molecular formula is C19H16Cl2FN3O. The molecule has 3 heterocycles. The fourth-order valence-corrected chi connectivity index (χ4v) is 5.13. The molecule has 3 N–H and O–H groups in total. The number of fused-ring (bicyclic) bond motifs is 6. The largest absolute Gasteiger partial charge is 0.379 e. The van der Waals surface area contributed by atoms with Crippen LogP contribution in [0.25, 0.3) is 0 Å². The Morgan fingerprint density at radius 3 is 2.81 bits per heavy atom. The van der Waals surface area contributed by atoms with Gasteiger partial charge in [0.15, 0.2) is 0 Å². The summed E-state index contributed by atoms with van der Waals surface area (Å²) >= 11 is 12.1. The molecule has 5 rings (SSSR count). The van der Waals surface area contributed by atoms with Crippen molar-refractivity contribution < 1.29 is 9.18 Å². The van der Waals surface area contributed by atoms with Crippen LogP contribution in [0.3, 0.4) is 0 Å². The monoisotopic (exact) mass is 391 g/mol. The highest BCUT2D eigenvalue weighted by atomic mass is 35.5. The van der Waals surface area contributed by atoms with E-state index >= 15 is 0 Å². The maximum absolute atomic E-state index is 14.1. The summed E-state index contributed by atoms with van der Waals surface area (Å²) < 4.78 is 14.1. The molecule has 26 heavy (non-hydrogen) atoms. The number of hydrogen-bond donors (Lipinski definition) is 3. The zero-order valence-corrected chi connectivity index (χ0v) is 15.4. The van der Waals surface area contributed by atoms with E-state index in [1.165, 1.54) is 6.07 Å². The molecule has 2 aromatic carbocycles. The van der Waals surface area contributed by atoms with Crippen molar-refractivity contribution in [2.45, 2.75) is 36.9 Å². The molecule has 4 nitrogen and oxygen atoms in total. The van der Waals surface area contributed by atoms with Gasteiger partial charge in [0.25, 0.3) is 5.91 Å². The second-order valence-electron chi connectivity index (χ2n) is 7.32. The SMILES string of the molecule is C[C@H]1CC2c3cc(F)c(Cl)cc3NC2[C@]2(N1)C(=O)Nc1cc(Cl)ccc12. The maximum Gasteiger partial charge on any atom is 0.251 e. The number of nitrogens with one attached hydrogen (secondary N) is 3. The van der Waals surface area contributed by atoms with Crippen molar-refractivity contribution in [3.8, 4) is 0 Å². The first-order valence-corrected chi connectivity index (χ1v) is 9.30. The predicted octanol–water partition coefficient (Wildman–Crippen LogP) is 4.24. The van der Waals surface area contributed by atoms with Crippen LogP contribution in [0, 0.1) is 5.82 Å². The molecule has 3 aliphatic heterocycles. The van der Waals surface area contributed by atoms with Gasteiger partial charge in [-0.1, -0.05) is 29.3 Å². The third-order valence-electron chi connectivity index (χ3n) is 5.77. The fraction of sp³-hybridized carbons (Fsp3) is 0.316. The molecule has 2 aromatic rings. The number of hydrogen-bond acceptors (Lipinski definition) is 3. The summed E-state index contributed by atoms with van der Waals surface area (Å²) in [5, 5.41) is 10.5. The number of rotatable bonds is 0. The molecule has 1 saturated heterocycles. The fourth-order valence-electron chi connectivity index (χ4n) is 4.79. The lowest BCUT2D eigenvalue weighted by Crippen LogP contribution is -2.65. The molecule has 1 amide bonds. The Kier molecular flexibility index (Phi) is 3.36. The number of carbonyl (C=O) groups is 1. The molecule has 3 aliphatic rings. The first kappa shape index (κ1) is 16.4. The first-order chi connectivity index (χ1) is 12.4. The summed E-state index contributed by atoms with van der Waals surface area (Å²) in [6.45, 7) is 2.05.